The Morgan fingerprint density at radius 2 is 1.94 bits per heavy atom. The van der Waals surface area contributed by atoms with Crippen LogP contribution in [0.15, 0.2) is 60.7 Å². The zero-order chi connectivity index (χ0) is 22.8. The van der Waals surface area contributed by atoms with Gasteiger partial charge in [0.05, 0.1) is 11.0 Å². The normalized spacial score (nSPS) is 16.3. The highest BCUT2D eigenvalue weighted by Gasteiger charge is 2.26. The fourth-order valence-electron chi connectivity index (χ4n) is 4.68. The third-order valence-electron chi connectivity index (χ3n) is 6.34. The van der Waals surface area contributed by atoms with Gasteiger partial charge in [0.15, 0.2) is 0 Å². The Kier molecular flexibility index (Phi) is 5.90. The monoisotopic (exact) mass is 442 g/mol. The third kappa shape index (κ3) is 4.80. The maximum absolute atomic E-state index is 13.4. The Balaban J connectivity index is 1.26. The van der Waals surface area contributed by atoms with E-state index in [4.69, 9.17) is 4.98 Å². The lowest BCUT2D eigenvalue weighted by Crippen LogP contribution is -2.39. The predicted molar refractivity (Wildman–Crippen MR) is 127 cm³/mol. The smallest absolute Gasteiger partial charge is 0.223 e. The van der Waals surface area contributed by atoms with Crippen LogP contribution in [0, 0.1) is 12.7 Å². The van der Waals surface area contributed by atoms with Gasteiger partial charge in [0, 0.05) is 43.2 Å². The van der Waals surface area contributed by atoms with Crippen molar-refractivity contribution in [2.24, 2.45) is 0 Å². The van der Waals surface area contributed by atoms with Crippen molar-refractivity contribution in [1.29, 1.82) is 0 Å². The molecule has 1 aliphatic heterocycles. The van der Waals surface area contributed by atoms with Crippen LogP contribution < -0.4 is 0 Å². The number of aryl methyl sites for hydroxylation is 2. The molecule has 0 saturated carbocycles. The van der Waals surface area contributed by atoms with Gasteiger partial charge in [0.2, 0.25) is 5.91 Å². The molecule has 0 unspecified atom stereocenters. The number of amides is 1. The first-order valence-corrected chi connectivity index (χ1v) is 11.5. The van der Waals surface area contributed by atoms with E-state index < -0.39 is 0 Å². The van der Waals surface area contributed by atoms with Gasteiger partial charge in [0.1, 0.15) is 11.6 Å². The number of hydrogen-bond acceptors (Lipinski definition) is 3. The van der Waals surface area contributed by atoms with Gasteiger partial charge in [0.25, 0.3) is 0 Å². The quantitative estimate of drug-likeness (QED) is 0.449. The van der Waals surface area contributed by atoms with E-state index in [1.54, 1.807) is 6.07 Å². The molecule has 0 bridgehead atoms. The fourth-order valence-corrected chi connectivity index (χ4v) is 4.68. The molecule has 0 aliphatic carbocycles. The molecule has 5 nitrogen and oxygen atoms in total. The van der Waals surface area contributed by atoms with Gasteiger partial charge in [-0.05, 0) is 61.2 Å². The fraction of sp³-hybridized carbons (Fsp3) is 0.296. The molecule has 1 amide bonds. The molecule has 0 radical (unpaired) electrons. The number of aromatic nitrogens is 3. The Morgan fingerprint density at radius 1 is 1.09 bits per heavy atom. The maximum atomic E-state index is 13.4. The summed E-state index contributed by atoms with van der Waals surface area (Å²) in [6.07, 6.45) is 2.89. The van der Waals surface area contributed by atoms with Gasteiger partial charge in [-0.2, -0.15) is 0 Å². The number of nitrogens with zero attached hydrogens (tertiary/aromatic N) is 3. The Bertz CT molecular complexity index is 1280. The maximum Gasteiger partial charge on any atom is 0.223 e. The van der Waals surface area contributed by atoms with E-state index in [0.717, 1.165) is 36.3 Å². The molecule has 1 aliphatic rings. The van der Waals surface area contributed by atoms with Crippen molar-refractivity contribution >= 4 is 16.9 Å². The molecule has 168 valence electrons. The van der Waals surface area contributed by atoms with Gasteiger partial charge < -0.3 is 9.88 Å². The number of rotatable bonds is 5. The molecule has 0 spiro atoms. The van der Waals surface area contributed by atoms with Crippen LogP contribution in [0.1, 0.15) is 42.4 Å². The van der Waals surface area contributed by atoms with Crippen molar-refractivity contribution in [3.63, 3.8) is 0 Å². The van der Waals surface area contributed by atoms with E-state index in [1.165, 1.54) is 23.3 Å². The zero-order valence-electron chi connectivity index (χ0n) is 18.7. The van der Waals surface area contributed by atoms with E-state index in [-0.39, 0.29) is 17.6 Å². The van der Waals surface area contributed by atoms with Gasteiger partial charge in [-0.1, -0.05) is 30.3 Å². The molecule has 1 N–H and O–H groups in total. The number of benzene rings is 2. The number of carbonyl (C=O) groups is 1. The molecule has 33 heavy (non-hydrogen) atoms. The average molecular weight is 443 g/mol. The molecule has 1 fully saturated rings. The highest BCUT2D eigenvalue weighted by molar-refractivity contribution is 5.77. The lowest BCUT2D eigenvalue weighted by Gasteiger charge is -2.33. The minimum atomic E-state index is -0.298. The zero-order valence-corrected chi connectivity index (χ0v) is 18.7. The lowest BCUT2D eigenvalue weighted by molar-refractivity contribution is -0.132. The summed E-state index contributed by atoms with van der Waals surface area (Å²) in [5.74, 6) is 0.778. The van der Waals surface area contributed by atoms with Crippen molar-refractivity contribution in [3.8, 4) is 11.1 Å². The number of carbonyl (C=O) groups excluding carboxylic acids is 1. The first kappa shape index (κ1) is 21.3. The van der Waals surface area contributed by atoms with Crippen LogP contribution in [0.25, 0.3) is 22.2 Å². The summed E-state index contributed by atoms with van der Waals surface area (Å²) in [7, 11) is 0. The van der Waals surface area contributed by atoms with Gasteiger partial charge in [-0.25, -0.2) is 9.37 Å². The molecular weight excluding hydrogens is 415 g/mol. The van der Waals surface area contributed by atoms with Crippen LogP contribution in [-0.2, 0) is 11.2 Å². The van der Waals surface area contributed by atoms with E-state index in [1.807, 2.05) is 30.0 Å². The minimum absolute atomic E-state index is 0.127. The Labute approximate surface area is 192 Å². The highest BCUT2D eigenvalue weighted by Crippen LogP contribution is 2.30. The number of hydrogen-bond donors (Lipinski definition) is 1. The van der Waals surface area contributed by atoms with Crippen LogP contribution in [0.3, 0.4) is 0 Å². The lowest BCUT2D eigenvalue weighted by atomic mass is 9.92. The predicted octanol–water partition coefficient (Wildman–Crippen LogP) is 5.41. The summed E-state index contributed by atoms with van der Waals surface area (Å²) in [5.41, 5.74) is 5.79. The third-order valence-corrected chi connectivity index (χ3v) is 6.34. The van der Waals surface area contributed by atoms with Crippen LogP contribution in [-0.4, -0.2) is 38.8 Å². The summed E-state index contributed by atoms with van der Waals surface area (Å²) in [6.45, 7) is 3.49. The van der Waals surface area contributed by atoms with E-state index >= 15 is 0 Å². The van der Waals surface area contributed by atoms with Crippen LogP contribution in [0.5, 0.6) is 0 Å². The van der Waals surface area contributed by atoms with Gasteiger partial charge in [-0.15, -0.1) is 0 Å². The minimum Gasteiger partial charge on any atom is -0.342 e. The van der Waals surface area contributed by atoms with Crippen molar-refractivity contribution in [2.75, 3.05) is 13.1 Å². The highest BCUT2D eigenvalue weighted by atomic mass is 19.1. The second kappa shape index (κ2) is 9.14. The summed E-state index contributed by atoms with van der Waals surface area (Å²) in [4.78, 5) is 27.4. The van der Waals surface area contributed by atoms with E-state index in [2.05, 4.69) is 34.2 Å². The number of likely N-dealkylation sites (tertiary alicyclic amines) is 1. The molecule has 6 heteroatoms. The second-order valence-electron chi connectivity index (χ2n) is 8.81. The number of H-pyrrole nitrogens is 1. The summed E-state index contributed by atoms with van der Waals surface area (Å²) < 4.78 is 13.4. The molecule has 5 rings (SSSR count). The average Bonchev–Trinajstić information content (AvgIpc) is 3.25. The number of piperidine rings is 1. The summed E-state index contributed by atoms with van der Waals surface area (Å²) in [5, 5.41) is 0. The number of nitrogens with one attached hydrogen (secondary N) is 1. The Morgan fingerprint density at radius 3 is 2.79 bits per heavy atom. The number of pyridine rings is 1. The van der Waals surface area contributed by atoms with E-state index in [9.17, 15) is 9.18 Å². The topological polar surface area (TPSA) is 61.9 Å². The van der Waals surface area contributed by atoms with Crippen LogP contribution in [0.2, 0.25) is 0 Å². The first-order chi connectivity index (χ1) is 16.0. The molecule has 1 atom stereocenters. The number of aromatic amines is 1. The summed E-state index contributed by atoms with van der Waals surface area (Å²) >= 11 is 0. The van der Waals surface area contributed by atoms with Gasteiger partial charge >= 0.3 is 0 Å². The van der Waals surface area contributed by atoms with Crippen molar-refractivity contribution < 1.29 is 9.18 Å². The summed E-state index contributed by atoms with van der Waals surface area (Å²) in [6, 6.07) is 19.1. The first-order valence-electron chi connectivity index (χ1n) is 11.5. The molecule has 1 saturated heterocycles. The largest absolute Gasteiger partial charge is 0.342 e. The SMILES string of the molecule is Cc1cc(-c2ccccc2)cc([C@H]2CCCN(C(=O)CCc3nc4ccc(F)cc4[nH]3)C2)n1. The molecule has 3 heterocycles. The van der Waals surface area contributed by atoms with Crippen LogP contribution in [0.4, 0.5) is 4.39 Å². The number of imidazole rings is 1. The standard InChI is InChI=1S/C27H27FN4O/c1-18-14-21(19-6-3-2-4-7-19)15-24(29-18)20-8-5-13-32(17-20)27(33)12-11-26-30-23-10-9-22(28)16-25(23)31-26/h2-4,6-7,9-10,14-16,20H,5,8,11-13,17H2,1H3,(H,30,31)/t20-/m0/s1. The number of fused-ring (bicyclic) bond motifs is 1. The van der Waals surface area contributed by atoms with Crippen molar-refractivity contribution in [2.45, 2.75) is 38.5 Å². The molecule has 2 aromatic carbocycles. The van der Waals surface area contributed by atoms with Crippen molar-refractivity contribution in [1.82, 2.24) is 19.9 Å². The van der Waals surface area contributed by atoms with Crippen LogP contribution >= 0.6 is 0 Å². The molecular formula is C27H27FN4O. The second-order valence-corrected chi connectivity index (χ2v) is 8.81. The van der Waals surface area contributed by atoms with Crippen molar-refractivity contribution in [3.05, 3.63) is 83.7 Å². The molecule has 4 aromatic rings. The molecule has 2 aromatic heterocycles. The number of halogens is 1. The van der Waals surface area contributed by atoms with Gasteiger partial charge in [-0.3, -0.25) is 9.78 Å². The Hall–Kier alpha value is -3.54. The van der Waals surface area contributed by atoms with E-state index in [0.29, 0.717) is 30.7 Å².